The van der Waals surface area contributed by atoms with Crippen molar-refractivity contribution in [2.75, 3.05) is 11.1 Å². The molecule has 1 heterocycles. The van der Waals surface area contributed by atoms with Crippen LogP contribution in [0.2, 0.25) is 15.1 Å². The molecule has 11 heteroatoms. The van der Waals surface area contributed by atoms with E-state index in [-0.39, 0.29) is 33.7 Å². The third kappa shape index (κ3) is 5.75. The predicted molar refractivity (Wildman–Crippen MR) is 129 cm³/mol. The Morgan fingerprint density at radius 1 is 1.12 bits per heavy atom. The molecule has 0 unspecified atom stereocenters. The number of hydrogen-bond acceptors (Lipinski definition) is 5. The van der Waals surface area contributed by atoms with Crippen LogP contribution >= 0.6 is 46.6 Å². The third-order valence-corrected chi connectivity index (χ3v) is 6.43. The number of aromatic nitrogens is 3. The van der Waals surface area contributed by atoms with Gasteiger partial charge in [0.05, 0.1) is 27.5 Å². The molecule has 0 radical (unpaired) electrons. The standard InChI is InChI=1S/C21H20Cl3N5O2S/c1-11-6-4-5-7-14(11)20(31)25-12(2)19-27-28-21(29(19)3)32-10-17(30)26-18-15(23)8-13(22)9-16(18)24/h4-9,12H,10H2,1-3H3,(H,25,31)(H,26,30)/t12-/m1/s1. The van der Waals surface area contributed by atoms with Gasteiger partial charge in [-0.15, -0.1) is 10.2 Å². The summed E-state index contributed by atoms with van der Waals surface area (Å²) in [6, 6.07) is 9.97. The molecule has 1 aromatic heterocycles. The first-order chi connectivity index (χ1) is 15.2. The average Bonchev–Trinajstić information content (AvgIpc) is 3.09. The SMILES string of the molecule is Cc1ccccc1C(=O)N[C@H](C)c1nnc(SCC(=O)Nc2c(Cl)cc(Cl)cc2Cl)n1C. The first-order valence-electron chi connectivity index (χ1n) is 9.50. The summed E-state index contributed by atoms with van der Waals surface area (Å²) in [5.74, 6) is 0.125. The molecule has 0 aliphatic heterocycles. The summed E-state index contributed by atoms with van der Waals surface area (Å²) in [4.78, 5) is 24.9. The van der Waals surface area contributed by atoms with Gasteiger partial charge in [-0.25, -0.2) is 0 Å². The lowest BCUT2D eigenvalue weighted by Crippen LogP contribution is -2.29. The molecule has 3 rings (SSSR count). The number of thioether (sulfide) groups is 1. The van der Waals surface area contributed by atoms with Crippen LogP contribution in [0, 0.1) is 6.92 Å². The zero-order chi connectivity index (χ0) is 23.4. The quantitative estimate of drug-likeness (QED) is 0.419. The smallest absolute Gasteiger partial charge is 0.252 e. The molecule has 0 fully saturated rings. The number of aryl methyl sites for hydroxylation is 1. The zero-order valence-corrected chi connectivity index (χ0v) is 20.5. The van der Waals surface area contributed by atoms with Crippen molar-refractivity contribution in [2.45, 2.75) is 25.0 Å². The molecular formula is C21H20Cl3N5O2S. The molecule has 0 bridgehead atoms. The minimum atomic E-state index is -0.380. The maximum absolute atomic E-state index is 12.6. The van der Waals surface area contributed by atoms with E-state index in [4.69, 9.17) is 34.8 Å². The normalized spacial score (nSPS) is 11.8. The molecule has 2 aromatic carbocycles. The topological polar surface area (TPSA) is 88.9 Å². The van der Waals surface area contributed by atoms with E-state index in [1.54, 1.807) is 17.7 Å². The van der Waals surface area contributed by atoms with E-state index in [0.29, 0.717) is 27.3 Å². The van der Waals surface area contributed by atoms with Crippen molar-refractivity contribution in [3.8, 4) is 0 Å². The van der Waals surface area contributed by atoms with Crippen molar-refractivity contribution in [3.63, 3.8) is 0 Å². The molecule has 0 aliphatic rings. The van der Waals surface area contributed by atoms with Gasteiger partial charge in [-0.3, -0.25) is 9.59 Å². The van der Waals surface area contributed by atoms with E-state index in [2.05, 4.69) is 20.8 Å². The van der Waals surface area contributed by atoms with Crippen LogP contribution in [0.15, 0.2) is 41.6 Å². The molecule has 1 atom stereocenters. The molecule has 0 spiro atoms. The maximum Gasteiger partial charge on any atom is 0.252 e. The van der Waals surface area contributed by atoms with Gasteiger partial charge in [0.15, 0.2) is 11.0 Å². The van der Waals surface area contributed by atoms with E-state index < -0.39 is 0 Å². The molecule has 0 aliphatic carbocycles. The van der Waals surface area contributed by atoms with Gasteiger partial charge in [-0.2, -0.15) is 0 Å². The van der Waals surface area contributed by atoms with Crippen LogP contribution in [0.25, 0.3) is 0 Å². The number of carbonyl (C=O) groups excluding carboxylic acids is 2. The van der Waals surface area contributed by atoms with Crippen LogP contribution < -0.4 is 10.6 Å². The van der Waals surface area contributed by atoms with Gasteiger partial charge in [0.25, 0.3) is 5.91 Å². The fourth-order valence-electron chi connectivity index (χ4n) is 2.96. The van der Waals surface area contributed by atoms with Gasteiger partial charge in [0.1, 0.15) is 0 Å². The van der Waals surface area contributed by atoms with E-state index in [1.165, 1.54) is 23.9 Å². The fourth-order valence-corrected chi connectivity index (χ4v) is 4.59. The summed E-state index contributed by atoms with van der Waals surface area (Å²) in [6.07, 6.45) is 0. The van der Waals surface area contributed by atoms with Crippen LogP contribution in [0.1, 0.15) is 34.7 Å². The highest BCUT2D eigenvalue weighted by atomic mass is 35.5. The number of amides is 2. The molecular weight excluding hydrogens is 493 g/mol. The highest BCUT2D eigenvalue weighted by molar-refractivity contribution is 7.99. The predicted octanol–water partition coefficient (Wildman–Crippen LogP) is 5.31. The Bertz CT molecular complexity index is 1150. The minimum Gasteiger partial charge on any atom is -0.342 e. The van der Waals surface area contributed by atoms with Gasteiger partial charge >= 0.3 is 0 Å². The number of hydrogen-bond donors (Lipinski definition) is 2. The number of benzene rings is 2. The van der Waals surface area contributed by atoms with Crippen molar-refractivity contribution in [1.29, 1.82) is 0 Å². The molecule has 0 saturated carbocycles. The monoisotopic (exact) mass is 511 g/mol. The first-order valence-corrected chi connectivity index (χ1v) is 11.6. The lowest BCUT2D eigenvalue weighted by molar-refractivity contribution is -0.113. The Labute approximate surface area is 204 Å². The largest absolute Gasteiger partial charge is 0.342 e. The van der Waals surface area contributed by atoms with Gasteiger partial charge in [0, 0.05) is 17.6 Å². The van der Waals surface area contributed by atoms with Crippen molar-refractivity contribution < 1.29 is 9.59 Å². The summed E-state index contributed by atoms with van der Waals surface area (Å²) < 4.78 is 1.74. The van der Waals surface area contributed by atoms with Gasteiger partial charge in [-0.05, 0) is 37.6 Å². The van der Waals surface area contributed by atoms with Gasteiger partial charge in [-0.1, -0.05) is 64.8 Å². The fraction of sp³-hybridized carbons (Fsp3) is 0.238. The molecule has 168 valence electrons. The maximum atomic E-state index is 12.6. The molecule has 2 amide bonds. The van der Waals surface area contributed by atoms with Gasteiger partial charge in [0.2, 0.25) is 5.91 Å². The highest BCUT2D eigenvalue weighted by Crippen LogP contribution is 2.33. The van der Waals surface area contributed by atoms with E-state index >= 15 is 0 Å². The Kier molecular flexibility index (Phi) is 8.05. The van der Waals surface area contributed by atoms with Crippen LogP contribution in [0.4, 0.5) is 5.69 Å². The summed E-state index contributed by atoms with van der Waals surface area (Å²) in [6.45, 7) is 3.71. The van der Waals surface area contributed by atoms with Crippen molar-refractivity contribution in [2.24, 2.45) is 7.05 Å². The first kappa shape index (κ1) is 24.4. The van der Waals surface area contributed by atoms with Crippen molar-refractivity contribution in [1.82, 2.24) is 20.1 Å². The summed E-state index contributed by atoms with van der Waals surface area (Å²) in [5.41, 5.74) is 1.79. The summed E-state index contributed by atoms with van der Waals surface area (Å²) in [7, 11) is 1.78. The number of nitrogens with zero attached hydrogens (tertiary/aromatic N) is 3. The number of halogens is 3. The number of rotatable bonds is 7. The van der Waals surface area contributed by atoms with Crippen LogP contribution in [-0.2, 0) is 11.8 Å². The van der Waals surface area contributed by atoms with E-state index in [0.717, 1.165) is 5.56 Å². The molecule has 0 saturated heterocycles. The third-order valence-electron chi connectivity index (χ3n) is 4.60. The Morgan fingerprint density at radius 3 is 2.44 bits per heavy atom. The second-order valence-corrected chi connectivity index (χ2v) is 9.18. The summed E-state index contributed by atoms with van der Waals surface area (Å²) in [5, 5.41) is 15.3. The number of carbonyl (C=O) groups is 2. The molecule has 2 N–H and O–H groups in total. The van der Waals surface area contributed by atoms with Crippen LogP contribution in [0.5, 0.6) is 0 Å². The minimum absolute atomic E-state index is 0.0607. The van der Waals surface area contributed by atoms with Crippen molar-refractivity contribution in [3.05, 3.63) is 68.4 Å². The molecule has 3 aromatic rings. The van der Waals surface area contributed by atoms with E-state index in [1.807, 2.05) is 32.0 Å². The van der Waals surface area contributed by atoms with Crippen molar-refractivity contribution >= 4 is 64.1 Å². The van der Waals surface area contributed by atoms with E-state index in [9.17, 15) is 9.59 Å². The molecule has 32 heavy (non-hydrogen) atoms. The second-order valence-electron chi connectivity index (χ2n) is 6.99. The van der Waals surface area contributed by atoms with Crippen LogP contribution in [-0.4, -0.2) is 32.3 Å². The lowest BCUT2D eigenvalue weighted by Gasteiger charge is -2.14. The van der Waals surface area contributed by atoms with Crippen LogP contribution in [0.3, 0.4) is 0 Å². The number of nitrogens with one attached hydrogen (secondary N) is 2. The second kappa shape index (κ2) is 10.6. The number of anilines is 1. The van der Waals surface area contributed by atoms with Gasteiger partial charge < -0.3 is 15.2 Å². The molecule has 7 nitrogen and oxygen atoms in total. The highest BCUT2D eigenvalue weighted by Gasteiger charge is 2.20. The Morgan fingerprint density at radius 2 is 1.78 bits per heavy atom. The Hall–Kier alpha value is -2.26. The Balaban J connectivity index is 1.61. The lowest BCUT2D eigenvalue weighted by atomic mass is 10.1. The zero-order valence-electron chi connectivity index (χ0n) is 17.4. The summed E-state index contributed by atoms with van der Waals surface area (Å²) >= 11 is 19.3. The average molecular weight is 513 g/mol.